The van der Waals surface area contributed by atoms with Gasteiger partial charge in [0.05, 0.1) is 23.7 Å². The SMILES string of the molecule is Cc1cccc(C)c1C=NNC(=O)c1cnn(-c2ccccc2)c1C(F)(F)F. The third kappa shape index (κ3) is 3.95. The molecule has 144 valence electrons. The summed E-state index contributed by atoms with van der Waals surface area (Å²) in [6.45, 7) is 3.75. The number of hydrazone groups is 1. The van der Waals surface area contributed by atoms with Crippen LogP contribution in [0.2, 0.25) is 0 Å². The first-order valence-electron chi connectivity index (χ1n) is 8.39. The highest BCUT2D eigenvalue weighted by molar-refractivity contribution is 5.96. The quantitative estimate of drug-likeness (QED) is 0.538. The number of carbonyl (C=O) groups is 1. The van der Waals surface area contributed by atoms with Gasteiger partial charge in [-0.25, -0.2) is 10.1 Å². The van der Waals surface area contributed by atoms with Gasteiger partial charge in [0.15, 0.2) is 5.69 Å². The lowest BCUT2D eigenvalue weighted by atomic mass is 10.0. The van der Waals surface area contributed by atoms with Crippen LogP contribution in [-0.2, 0) is 6.18 Å². The molecule has 0 saturated heterocycles. The van der Waals surface area contributed by atoms with Crippen molar-refractivity contribution in [3.8, 4) is 5.69 Å². The number of nitrogens with zero attached hydrogens (tertiary/aromatic N) is 3. The Morgan fingerprint density at radius 2 is 1.71 bits per heavy atom. The number of alkyl halides is 3. The number of aryl methyl sites for hydroxylation is 2. The van der Waals surface area contributed by atoms with E-state index >= 15 is 0 Å². The number of halogens is 3. The molecule has 0 bridgehead atoms. The lowest BCUT2D eigenvalue weighted by Crippen LogP contribution is -2.23. The van der Waals surface area contributed by atoms with E-state index in [1.807, 2.05) is 32.0 Å². The van der Waals surface area contributed by atoms with Crippen LogP contribution in [0.1, 0.15) is 32.7 Å². The summed E-state index contributed by atoms with van der Waals surface area (Å²) in [5.74, 6) is -0.989. The van der Waals surface area contributed by atoms with Gasteiger partial charge in [0.1, 0.15) is 0 Å². The van der Waals surface area contributed by atoms with Crippen molar-refractivity contribution in [2.24, 2.45) is 5.10 Å². The van der Waals surface area contributed by atoms with Crippen molar-refractivity contribution in [2.75, 3.05) is 0 Å². The van der Waals surface area contributed by atoms with E-state index in [9.17, 15) is 18.0 Å². The lowest BCUT2D eigenvalue weighted by Gasteiger charge is -2.12. The Balaban J connectivity index is 1.90. The maximum absolute atomic E-state index is 13.6. The Morgan fingerprint density at radius 3 is 2.32 bits per heavy atom. The average molecular weight is 386 g/mol. The minimum absolute atomic E-state index is 0.202. The van der Waals surface area contributed by atoms with Gasteiger partial charge in [-0.05, 0) is 37.1 Å². The second-order valence-corrected chi connectivity index (χ2v) is 6.16. The fourth-order valence-corrected chi connectivity index (χ4v) is 2.80. The monoisotopic (exact) mass is 386 g/mol. The van der Waals surface area contributed by atoms with Gasteiger partial charge in [0.25, 0.3) is 5.91 Å². The molecule has 0 spiro atoms. The molecule has 0 fully saturated rings. The molecule has 0 saturated carbocycles. The summed E-state index contributed by atoms with van der Waals surface area (Å²) in [5, 5.41) is 7.57. The van der Waals surface area contributed by atoms with Crippen molar-refractivity contribution in [3.05, 3.63) is 82.7 Å². The molecule has 3 rings (SSSR count). The van der Waals surface area contributed by atoms with Gasteiger partial charge < -0.3 is 0 Å². The number of hydrogen-bond acceptors (Lipinski definition) is 3. The normalized spacial score (nSPS) is 11.8. The summed E-state index contributed by atoms with van der Waals surface area (Å²) in [5.41, 5.74) is 3.26. The van der Waals surface area contributed by atoms with E-state index in [0.717, 1.165) is 22.9 Å². The van der Waals surface area contributed by atoms with Gasteiger partial charge in [-0.1, -0.05) is 36.4 Å². The van der Waals surface area contributed by atoms with Gasteiger partial charge in [-0.2, -0.15) is 23.4 Å². The largest absolute Gasteiger partial charge is 0.434 e. The zero-order chi connectivity index (χ0) is 20.3. The Hall–Kier alpha value is -3.42. The molecule has 0 aliphatic heterocycles. The van der Waals surface area contributed by atoms with E-state index < -0.39 is 23.3 Å². The molecule has 28 heavy (non-hydrogen) atoms. The summed E-state index contributed by atoms with van der Waals surface area (Å²) >= 11 is 0. The molecule has 1 aromatic heterocycles. The van der Waals surface area contributed by atoms with E-state index in [4.69, 9.17) is 0 Å². The third-order valence-corrected chi connectivity index (χ3v) is 4.19. The van der Waals surface area contributed by atoms with Crippen molar-refractivity contribution < 1.29 is 18.0 Å². The van der Waals surface area contributed by atoms with Crippen molar-refractivity contribution in [1.82, 2.24) is 15.2 Å². The molecule has 0 unspecified atom stereocenters. The number of amides is 1. The summed E-state index contributed by atoms with van der Waals surface area (Å²) in [6.07, 6.45) is -2.47. The topological polar surface area (TPSA) is 59.3 Å². The molecule has 5 nitrogen and oxygen atoms in total. The van der Waals surface area contributed by atoms with E-state index in [-0.39, 0.29) is 5.69 Å². The van der Waals surface area contributed by atoms with Crippen LogP contribution in [-0.4, -0.2) is 21.9 Å². The van der Waals surface area contributed by atoms with Crippen molar-refractivity contribution in [1.29, 1.82) is 0 Å². The Bertz CT molecular complexity index is 1000. The number of nitrogens with one attached hydrogen (secondary N) is 1. The highest BCUT2D eigenvalue weighted by atomic mass is 19.4. The van der Waals surface area contributed by atoms with Gasteiger partial charge >= 0.3 is 6.18 Å². The highest BCUT2D eigenvalue weighted by Crippen LogP contribution is 2.33. The van der Waals surface area contributed by atoms with E-state index in [0.29, 0.717) is 4.68 Å². The van der Waals surface area contributed by atoms with Crippen LogP contribution in [0, 0.1) is 13.8 Å². The van der Waals surface area contributed by atoms with Gasteiger partial charge in [-0.3, -0.25) is 4.79 Å². The van der Waals surface area contributed by atoms with E-state index in [2.05, 4.69) is 15.6 Å². The number of rotatable bonds is 4. The molecule has 0 aliphatic carbocycles. The van der Waals surface area contributed by atoms with Crippen LogP contribution in [0.15, 0.2) is 59.8 Å². The predicted octanol–water partition coefficient (Wildman–Crippen LogP) is 4.27. The highest BCUT2D eigenvalue weighted by Gasteiger charge is 2.40. The van der Waals surface area contributed by atoms with Gasteiger partial charge in [0, 0.05) is 5.56 Å². The maximum Gasteiger partial charge on any atom is 0.434 e. The first-order chi connectivity index (χ1) is 13.3. The lowest BCUT2D eigenvalue weighted by molar-refractivity contribution is -0.143. The third-order valence-electron chi connectivity index (χ3n) is 4.19. The smallest absolute Gasteiger partial charge is 0.267 e. The Labute approximate surface area is 159 Å². The zero-order valence-electron chi connectivity index (χ0n) is 15.2. The summed E-state index contributed by atoms with van der Waals surface area (Å²) in [7, 11) is 0. The van der Waals surface area contributed by atoms with E-state index in [1.54, 1.807) is 18.2 Å². The number of carbonyl (C=O) groups excluding carboxylic acids is 1. The molecule has 0 atom stereocenters. The fraction of sp³-hybridized carbons (Fsp3) is 0.150. The molecule has 2 aromatic carbocycles. The van der Waals surface area contributed by atoms with Gasteiger partial charge in [-0.15, -0.1) is 0 Å². The molecule has 1 amide bonds. The van der Waals surface area contributed by atoms with Crippen molar-refractivity contribution >= 4 is 12.1 Å². The summed E-state index contributed by atoms with van der Waals surface area (Å²) in [6, 6.07) is 13.4. The molecule has 0 radical (unpaired) electrons. The summed E-state index contributed by atoms with van der Waals surface area (Å²) in [4.78, 5) is 12.3. The second kappa shape index (κ2) is 7.67. The van der Waals surface area contributed by atoms with Crippen molar-refractivity contribution in [3.63, 3.8) is 0 Å². The number of aromatic nitrogens is 2. The Kier molecular flexibility index (Phi) is 5.30. The molecular weight excluding hydrogens is 369 g/mol. The molecular formula is C20H17F3N4O. The fourth-order valence-electron chi connectivity index (χ4n) is 2.80. The summed E-state index contributed by atoms with van der Waals surface area (Å²) < 4.78 is 41.5. The van der Waals surface area contributed by atoms with Crippen LogP contribution >= 0.6 is 0 Å². The van der Waals surface area contributed by atoms with Gasteiger partial charge in [0.2, 0.25) is 0 Å². The molecule has 0 aliphatic rings. The van der Waals surface area contributed by atoms with Crippen LogP contribution in [0.5, 0.6) is 0 Å². The number of hydrogen-bond donors (Lipinski definition) is 1. The van der Waals surface area contributed by atoms with Crippen LogP contribution in [0.4, 0.5) is 13.2 Å². The second-order valence-electron chi connectivity index (χ2n) is 6.16. The zero-order valence-corrected chi connectivity index (χ0v) is 15.2. The van der Waals surface area contributed by atoms with Crippen LogP contribution in [0.3, 0.4) is 0 Å². The van der Waals surface area contributed by atoms with Crippen LogP contribution in [0.25, 0.3) is 5.69 Å². The minimum Gasteiger partial charge on any atom is -0.267 e. The number of benzene rings is 2. The van der Waals surface area contributed by atoms with Crippen LogP contribution < -0.4 is 5.43 Å². The van der Waals surface area contributed by atoms with E-state index in [1.165, 1.54) is 18.3 Å². The standard InChI is InChI=1S/C20H17F3N4O/c1-13-7-6-8-14(2)16(13)11-24-26-19(28)17-12-25-27(18(17)20(21,22)23)15-9-4-3-5-10-15/h3-12H,1-2H3,(H,26,28). The molecule has 1 N–H and O–H groups in total. The Morgan fingerprint density at radius 1 is 1.07 bits per heavy atom. The number of para-hydroxylation sites is 1. The molecule has 3 aromatic rings. The molecule has 8 heteroatoms. The predicted molar refractivity (Wildman–Crippen MR) is 99.5 cm³/mol. The first-order valence-corrected chi connectivity index (χ1v) is 8.39. The first kappa shape index (κ1) is 19.3. The average Bonchev–Trinajstić information content (AvgIpc) is 3.10. The maximum atomic E-state index is 13.6. The van der Waals surface area contributed by atoms with Crippen molar-refractivity contribution in [2.45, 2.75) is 20.0 Å². The molecule has 1 heterocycles. The minimum atomic E-state index is -4.77.